The predicted octanol–water partition coefficient (Wildman–Crippen LogP) is 8.17. The highest BCUT2D eigenvalue weighted by Crippen LogP contribution is 2.57. The number of halogens is 2. The molecule has 4 nitrogen and oxygen atoms in total. The Kier molecular flexibility index (Phi) is 10.2. The Morgan fingerprint density at radius 3 is 2.08 bits per heavy atom. The van der Waals surface area contributed by atoms with Gasteiger partial charge in [-0.05, 0) is 73.4 Å². The van der Waals surface area contributed by atoms with Crippen LogP contribution in [-0.4, -0.2) is 31.0 Å². The van der Waals surface area contributed by atoms with E-state index < -0.39 is 32.3 Å². The van der Waals surface area contributed by atoms with Gasteiger partial charge < -0.3 is 0 Å². The summed E-state index contributed by atoms with van der Waals surface area (Å²) < 4.78 is 26.6. The second-order valence-electron chi connectivity index (χ2n) is 12.5. The number of Topliss-reactive ketones (excluding diaryl/α,β-unsaturated/α-hetero) is 2. The van der Waals surface area contributed by atoms with Crippen LogP contribution in [-0.2, 0) is 19.4 Å². The van der Waals surface area contributed by atoms with Crippen molar-refractivity contribution in [2.24, 2.45) is 29.1 Å². The highest BCUT2D eigenvalue weighted by atomic mass is 35.5. The Bertz CT molecular complexity index is 1280. The van der Waals surface area contributed by atoms with Gasteiger partial charge in [-0.1, -0.05) is 82.1 Å². The molecule has 0 heterocycles. The third-order valence-electron chi connectivity index (χ3n) is 8.59. The smallest absolute Gasteiger partial charge is 0.152 e. The molecule has 0 N–H and O–H groups in total. The molecule has 0 radical (unpaired) electrons. The van der Waals surface area contributed by atoms with Crippen molar-refractivity contribution in [3.05, 3.63) is 69.7 Å². The van der Waals surface area contributed by atoms with E-state index in [2.05, 4.69) is 0 Å². The largest absolute Gasteiger partial charge is 0.299 e. The monoisotopic (exact) mass is 592 g/mol. The Morgan fingerprint density at radius 1 is 0.949 bits per heavy atom. The fourth-order valence-corrected chi connectivity index (χ4v) is 7.93. The van der Waals surface area contributed by atoms with E-state index in [1.54, 1.807) is 13.8 Å². The molecule has 0 saturated heterocycles. The van der Waals surface area contributed by atoms with Gasteiger partial charge in [-0.25, -0.2) is 8.42 Å². The van der Waals surface area contributed by atoms with Crippen molar-refractivity contribution in [3.8, 4) is 0 Å². The summed E-state index contributed by atoms with van der Waals surface area (Å²) in [4.78, 5) is 27.8. The molecule has 0 aliphatic heterocycles. The molecular weight excluding hydrogens is 551 g/mol. The average molecular weight is 594 g/mol. The molecule has 39 heavy (non-hydrogen) atoms. The van der Waals surface area contributed by atoms with Gasteiger partial charge in [0.1, 0.15) is 11.6 Å². The molecule has 1 aliphatic rings. The van der Waals surface area contributed by atoms with Crippen LogP contribution < -0.4 is 0 Å². The molecular formula is C32H42Cl2O4S. The van der Waals surface area contributed by atoms with Crippen LogP contribution in [0.5, 0.6) is 0 Å². The summed E-state index contributed by atoms with van der Waals surface area (Å²) in [5.41, 5.74) is 0.987. The first-order valence-electron chi connectivity index (χ1n) is 13.9. The number of carbonyl (C=O) groups is 2. The molecule has 214 valence electrons. The van der Waals surface area contributed by atoms with Crippen molar-refractivity contribution in [2.45, 2.75) is 78.4 Å². The Balaban J connectivity index is 2.31. The molecule has 7 heteroatoms. The van der Waals surface area contributed by atoms with Gasteiger partial charge in [0.15, 0.2) is 9.84 Å². The van der Waals surface area contributed by atoms with Gasteiger partial charge in [0.25, 0.3) is 0 Å². The predicted molar refractivity (Wildman–Crippen MR) is 161 cm³/mol. The fraction of sp³-hybridized carbons (Fsp3) is 0.562. The maximum absolute atomic E-state index is 14.7. The minimum Gasteiger partial charge on any atom is -0.299 e. The lowest BCUT2D eigenvalue weighted by Gasteiger charge is -2.50. The number of carbonyl (C=O) groups excluding carboxylic acids is 2. The summed E-state index contributed by atoms with van der Waals surface area (Å²) in [6.45, 7) is 13.0. The molecule has 0 amide bonds. The minimum atomic E-state index is -3.45. The van der Waals surface area contributed by atoms with Gasteiger partial charge in [0, 0.05) is 39.6 Å². The van der Waals surface area contributed by atoms with Crippen LogP contribution in [0.2, 0.25) is 10.0 Å². The van der Waals surface area contributed by atoms with Crippen molar-refractivity contribution >= 4 is 44.6 Å². The van der Waals surface area contributed by atoms with Crippen LogP contribution in [0.25, 0.3) is 0 Å². The Labute approximate surface area is 244 Å². The maximum atomic E-state index is 14.7. The molecule has 2 aromatic rings. The van der Waals surface area contributed by atoms with Crippen LogP contribution in [0.15, 0.2) is 48.5 Å². The maximum Gasteiger partial charge on any atom is 0.152 e. The molecule has 1 aliphatic carbocycles. The van der Waals surface area contributed by atoms with Crippen molar-refractivity contribution in [2.75, 3.05) is 5.75 Å². The summed E-state index contributed by atoms with van der Waals surface area (Å²) in [7, 11) is -3.45. The second kappa shape index (κ2) is 12.4. The number of hydrogen-bond donors (Lipinski definition) is 0. The van der Waals surface area contributed by atoms with Gasteiger partial charge in [0.2, 0.25) is 0 Å². The molecule has 1 saturated carbocycles. The van der Waals surface area contributed by atoms with Gasteiger partial charge in [-0.3, -0.25) is 9.59 Å². The molecule has 0 bridgehead atoms. The van der Waals surface area contributed by atoms with Gasteiger partial charge in [0.05, 0.1) is 11.0 Å². The summed E-state index contributed by atoms with van der Waals surface area (Å²) in [5.74, 6) is -1.84. The zero-order chi connectivity index (χ0) is 29.3. The molecule has 3 rings (SSSR count). The standard InChI is InChI=1S/C32H42Cl2O4S/c1-19(2)27(18-39(37,38)21(5)6)30-29(22-11-13-24(33)14-12-22)26(23-9-8-10-25(34)15-23)16-32(7,31(30)36)17-28(35)20(3)4/h8-15,19-21,26-27,29-30H,16-18H2,1-7H3/t26-,27-,29-,30?,32-/m1/s1. The molecule has 2 aromatic carbocycles. The van der Waals surface area contributed by atoms with Gasteiger partial charge >= 0.3 is 0 Å². The number of benzene rings is 2. The van der Waals surface area contributed by atoms with Crippen LogP contribution in [0.1, 0.15) is 84.3 Å². The van der Waals surface area contributed by atoms with E-state index in [0.717, 1.165) is 11.1 Å². The molecule has 0 aromatic heterocycles. The van der Waals surface area contributed by atoms with E-state index in [-0.39, 0.29) is 47.4 Å². The lowest BCUT2D eigenvalue weighted by molar-refractivity contribution is -0.144. The van der Waals surface area contributed by atoms with E-state index >= 15 is 0 Å². The lowest BCUT2D eigenvalue weighted by atomic mass is 9.53. The Hall–Kier alpha value is -1.69. The molecule has 1 unspecified atom stereocenters. The van der Waals surface area contributed by atoms with Crippen molar-refractivity contribution < 1.29 is 18.0 Å². The first-order chi connectivity index (χ1) is 18.1. The normalized spacial score (nSPS) is 24.9. The van der Waals surface area contributed by atoms with Crippen LogP contribution >= 0.6 is 23.2 Å². The zero-order valence-corrected chi connectivity index (χ0v) is 26.4. The highest BCUT2D eigenvalue weighted by Gasteiger charge is 2.55. The zero-order valence-electron chi connectivity index (χ0n) is 24.1. The third kappa shape index (κ3) is 7.15. The van der Waals surface area contributed by atoms with E-state index in [1.165, 1.54) is 0 Å². The number of rotatable bonds is 10. The van der Waals surface area contributed by atoms with Gasteiger partial charge in [-0.15, -0.1) is 0 Å². The summed E-state index contributed by atoms with van der Waals surface area (Å²) in [6, 6.07) is 15.2. The SMILES string of the molecule is CC(C)C(=O)C[C@@]1(C)C[C@H](c2cccc(Cl)c2)[C@@H](c2ccc(Cl)cc2)C([C@H](CS(=O)(=O)C(C)C)C(C)C)C1=O. The van der Waals surface area contributed by atoms with E-state index in [4.69, 9.17) is 23.2 Å². The van der Waals surface area contributed by atoms with E-state index in [9.17, 15) is 18.0 Å². The first-order valence-corrected chi connectivity index (χ1v) is 16.3. The second-order valence-corrected chi connectivity index (χ2v) is 16.0. The van der Waals surface area contributed by atoms with Crippen LogP contribution in [0.4, 0.5) is 0 Å². The summed E-state index contributed by atoms with van der Waals surface area (Å²) in [6.07, 6.45) is 0.600. The van der Waals surface area contributed by atoms with Crippen molar-refractivity contribution in [1.82, 2.24) is 0 Å². The third-order valence-corrected chi connectivity index (χ3v) is 11.4. The topological polar surface area (TPSA) is 68.3 Å². The average Bonchev–Trinajstić information content (AvgIpc) is 2.84. The van der Waals surface area contributed by atoms with E-state index in [0.29, 0.717) is 16.5 Å². The summed E-state index contributed by atoms with van der Waals surface area (Å²) >= 11 is 12.7. The quantitative estimate of drug-likeness (QED) is 0.279. The fourth-order valence-electron chi connectivity index (χ4n) is 6.10. The number of sulfone groups is 1. The molecule has 1 fully saturated rings. The van der Waals surface area contributed by atoms with Gasteiger partial charge in [-0.2, -0.15) is 0 Å². The van der Waals surface area contributed by atoms with E-state index in [1.807, 2.05) is 83.1 Å². The molecule has 5 atom stereocenters. The van der Waals surface area contributed by atoms with Crippen molar-refractivity contribution in [1.29, 1.82) is 0 Å². The molecule has 0 spiro atoms. The number of ketones is 2. The first kappa shape index (κ1) is 31.8. The Morgan fingerprint density at radius 2 is 1.56 bits per heavy atom. The lowest BCUT2D eigenvalue weighted by Crippen LogP contribution is -2.51. The van der Waals surface area contributed by atoms with Crippen molar-refractivity contribution in [3.63, 3.8) is 0 Å². The number of hydrogen-bond acceptors (Lipinski definition) is 4. The highest BCUT2D eigenvalue weighted by molar-refractivity contribution is 7.91. The van der Waals surface area contributed by atoms with Crippen LogP contribution in [0, 0.1) is 29.1 Å². The summed E-state index contributed by atoms with van der Waals surface area (Å²) in [5, 5.41) is 0.634. The minimum absolute atomic E-state index is 0.0209. The van der Waals surface area contributed by atoms with Crippen LogP contribution in [0.3, 0.4) is 0 Å².